The van der Waals surface area contributed by atoms with Gasteiger partial charge in [-0.25, -0.2) is 4.98 Å². The molecule has 0 radical (unpaired) electrons. The lowest BCUT2D eigenvalue weighted by atomic mass is 10.0. The standard InChI is InChI=1S/C16H18N2S/c1-11(2)10-13-4-6-14(7-5-13)15-12(3)19-16-17-8-9-18(15)16/h4-9,11H,10H2,1-3H3. The number of hydrogen-bond acceptors (Lipinski definition) is 2. The summed E-state index contributed by atoms with van der Waals surface area (Å²) in [5, 5.41) is 0. The second-order valence-corrected chi connectivity index (χ2v) is 6.56. The van der Waals surface area contributed by atoms with Gasteiger partial charge in [-0.15, -0.1) is 11.3 Å². The average molecular weight is 270 g/mol. The van der Waals surface area contributed by atoms with Crippen LogP contribution in [0.4, 0.5) is 0 Å². The molecule has 2 heterocycles. The van der Waals surface area contributed by atoms with Crippen LogP contribution in [0.5, 0.6) is 0 Å². The van der Waals surface area contributed by atoms with Crippen LogP contribution in [0.1, 0.15) is 24.3 Å². The van der Waals surface area contributed by atoms with E-state index in [4.69, 9.17) is 0 Å². The largest absolute Gasteiger partial charge is 0.290 e. The van der Waals surface area contributed by atoms with Crippen molar-refractivity contribution in [1.29, 1.82) is 0 Å². The molecule has 0 aliphatic heterocycles. The number of rotatable bonds is 3. The van der Waals surface area contributed by atoms with E-state index in [0.717, 1.165) is 11.4 Å². The zero-order valence-electron chi connectivity index (χ0n) is 11.6. The molecule has 0 N–H and O–H groups in total. The third kappa shape index (κ3) is 2.30. The lowest BCUT2D eigenvalue weighted by Gasteiger charge is -2.07. The van der Waals surface area contributed by atoms with Crippen molar-refractivity contribution in [3.63, 3.8) is 0 Å². The second-order valence-electron chi connectivity index (χ2n) is 5.38. The molecule has 0 fully saturated rings. The molecular formula is C16H18N2S. The molecule has 2 aromatic heterocycles. The van der Waals surface area contributed by atoms with Crippen LogP contribution in [0.25, 0.3) is 16.2 Å². The summed E-state index contributed by atoms with van der Waals surface area (Å²) in [5.74, 6) is 0.703. The van der Waals surface area contributed by atoms with Crippen molar-refractivity contribution in [1.82, 2.24) is 9.38 Å². The van der Waals surface area contributed by atoms with Gasteiger partial charge in [0.2, 0.25) is 0 Å². The Morgan fingerprint density at radius 1 is 1.21 bits per heavy atom. The Kier molecular flexibility index (Phi) is 3.15. The molecular weight excluding hydrogens is 252 g/mol. The molecule has 0 atom stereocenters. The summed E-state index contributed by atoms with van der Waals surface area (Å²) >= 11 is 1.75. The van der Waals surface area contributed by atoms with Gasteiger partial charge in [-0.05, 0) is 30.4 Å². The molecule has 3 aromatic rings. The second kappa shape index (κ2) is 4.82. The van der Waals surface area contributed by atoms with E-state index < -0.39 is 0 Å². The Labute approximate surface area is 117 Å². The highest BCUT2D eigenvalue weighted by Gasteiger charge is 2.11. The maximum absolute atomic E-state index is 4.36. The van der Waals surface area contributed by atoms with Gasteiger partial charge in [-0.1, -0.05) is 38.1 Å². The highest BCUT2D eigenvalue weighted by atomic mass is 32.1. The number of aryl methyl sites for hydroxylation is 1. The third-order valence-electron chi connectivity index (χ3n) is 3.30. The van der Waals surface area contributed by atoms with Gasteiger partial charge in [0.05, 0.1) is 5.69 Å². The van der Waals surface area contributed by atoms with E-state index in [-0.39, 0.29) is 0 Å². The summed E-state index contributed by atoms with van der Waals surface area (Å²) in [7, 11) is 0. The first kappa shape index (κ1) is 12.4. The Morgan fingerprint density at radius 3 is 2.63 bits per heavy atom. The first-order chi connectivity index (χ1) is 9.15. The van der Waals surface area contributed by atoms with Crippen LogP contribution in [0, 0.1) is 12.8 Å². The first-order valence-corrected chi connectivity index (χ1v) is 7.48. The normalized spacial score (nSPS) is 11.6. The Hall–Kier alpha value is -1.61. The Balaban J connectivity index is 2.02. The van der Waals surface area contributed by atoms with Crippen molar-refractivity contribution < 1.29 is 0 Å². The van der Waals surface area contributed by atoms with Crippen molar-refractivity contribution in [2.45, 2.75) is 27.2 Å². The summed E-state index contributed by atoms with van der Waals surface area (Å²) in [6.45, 7) is 6.68. The fourth-order valence-electron chi connectivity index (χ4n) is 2.50. The van der Waals surface area contributed by atoms with Crippen LogP contribution in [0.2, 0.25) is 0 Å². The zero-order valence-corrected chi connectivity index (χ0v) is 12.4. The fourth-order valence-corrected chi connectivity index (χ4v) is 3.45. The van der Waals surface area contributed by atoms with Gasteiger partial charge in [0.1, 0.15) is 0 Å². The van der Waals surface area contributed by atoms with Crippen LogP contribution < -0.4 is 0 Å². The van der Waals surface area contributed by atoms with E-state index in [2.05, 4.69) is 54.4 Å². The summed E-state index contributed by atoms with van der Waals surface area (Å²) < 4.78 is 2.18. The number of thiazole rings is 1. The van der Waals surface area contributed by atoms with Crippen LogP contribution in [-0.4, -0.2) is 9.38 Å². The van der Waals surface area contributed by atoms with E-state index in [9.17, 15) is 0 Å². The molecule has 19 heavy (non-hydrogen) atoms. The minimum Gasteiger partial charge on any atom is -0.290 e. The maximum Gasteiger partial charge on any atom is 0.194 e. The quantitative estimate of drug-likeness (QED) is 0.681. The van der Waals surface area contributed by atoms with Crippen LogP contribution in [-0.2, 0) is 6.42 Å². The number of imidazole rings is 1. The lowest BCUT2D eigenvalue weighted by Crippen LogP contribution is -1.94. The molecule has 0 spiro atoms. The summed E-state index contributed by atoms with van der Waals surface area (Å²) in [4.78, 5) is 6.75. The molecule has 0 amide bonds. The number of hydrogen-bond donors (Lipinski definition) is 0. The predicted molar refractivity (Wildman–Crippen MR) is 81.8 cm³/mol. The smallest absolute Gasteiger partial charge is 0.194 e. The number of benzene rings is 1. The summed E-state index contributed by atoms with van der Waals surface area (Å²) in [6, 6.07) is 8.95. The first-order valence-electron chi connectivity index (χ1n) is 6.67. The number of nitrogens with zero attached hydrogens (tertiary/aromatic N) is 2. The highest BCUT2D eigenvalue weighted by molar-refractivity contribution is 7.17. The van der Waals surface area contributed by atoms with Crippen molar-refractivity contribution >= 4 is 16.3 Å². The molecule has 98 valence electrons. The minimum absolute atomic E-state index is 0.703. The van der Waals surface area contributed by atoms with E-state index >= 15 is 0 Å². The monoisotopic (exact) mass is 270 g/mol. The molecule has 3 heteroatoms. The topological polar surface area (TPSA) is 17.3 Å². The van der Waals surface area contributed by atoms with Crippen molar-refractivity contribution in [3.05, 3.63) is 47.1 Å². The summed E-state index contributed by atoms with van der Waals surface area (Å²) in [5.41, 5.74) is 3.95. The summed E-state index contributed by atoms with van der Waals surface area (Å²) in [6.07, 6.45) is 5.04. The molecule has 2 nitrogen and oxygen atoms in total. The third-order valence-corrected chi connectivity index (χ3v) is 4.28. The van der Waals surface area contributed by atoms with E-state index in [1.807, 2.05) is 12.4 Å². The molecule has 1 aromatic carbocycles. The van der Waals surface area contributed by atoms with Crippen molar-refractivity contribution in [3.8, 4) is 11.3 Å². The molecule has 0 unspecified atom stereocenters. The molecule has 0 saturated heterocycles. The zero-order chi connectivity index (χ0) is 13.4. The van der Waals surface area contributed by atoms with Gasteiger partial charge >= 0.3 is 0 Å². The van der Waals surface area contributed by atoms with E-state index in [1.54, 1.807) is 11.3 Å². The van der Waals surface area contributed by atoms with Crippen molar-refractivity contribution in [2.75, 3.05) is 0 Å². The molecule has 0 aliphatic rings. The van der Waals surface area contributed by atoms with Gasteiger partial charge in [-0.3, -0.25) is 4.40 Å². The van der Waals surface area contributed by atoms with E-state index in [0.29, 0.717) is 5.92 Å². The predicted octanol–water partition coefficient (Wildman–Crippen LogP) is 4.57. The molecule has 0 saturated carbocycles. The van der Waals surface area contributed by atoms with Crippen LogP contribution in [0.15, 0.2) is 36.7 Å². The Bertz CT molecular complexity index is 689. The van der Waals surface area contributed by atoms with Gasteiger partial charge < -0.3 is 0 Å². The molecule has 0 bridgehead atoms. The number of aromatic nitrogens is 2. The van der Waals surface area contributed by atoms with Gasteiger partial charge in [0.25, 0.3) is 0 Å². The average Bonchev–Trinajstić information content (AvgIpc) is 2.89. The van der Waals surface area contributed by atoms with Gasteiger partial charge in [0, 0.05) is 17.3 Å². The molecule has 3 rings (SSSR count). The SMILES string of the molecule is Cc1sc2nccn2c1-c1ccc(CC(C)C)cc1. The minimum atomic E-state index is 0.703. The van der Waals surface area contributed by atoms with Gasteiger partial charge in [0.15, 0.2) is 4.96 Å². The maximum atomic E-state index is 4.36. The van der Waals surface area contributed by atoms with E-state index in [1.165, 1.54) is 21.7 Å². The molecule has 0 aliphatic carbocycles. The highest BCUT2D eigenvalue weighted by Crippen LogP contribution is 2.30. The lowest BCUT2D eigenvalue weighted by molar-refractivity contribution is 0.647. The van der Waals surface area contributed by atoms with Crippen LogP contribution in [0.3, 0.4) is 0 Å². The van der Waals surface area contributed by atoms with Gasteiger partial charge in [-0.2, -0.15) is 0 Å². The van der Waals surface area contributed by atoms with Crippen molar-refractivity contribution in [2.24, 2.45) is 5.92 Å². The fraction of sp³-hybridized carbons (Fsp3) is 0.312. The number of fused-ring (bicyclic) bond motifs is 1. The Morgan fingerprint density at radius 2 is 1.95 bits per heavy atom. The van der Waals surface area contributed by atoms with Crippen LogP contribution >= 0.6 is 11.3 Å².